The summed E-state index contributed by atoms with van der Waals surface area (Å²) in [6.45, 7) is 1.98. The Morgan fingerprint density at radius 2 is 1.75 bits per heavy atom. The maximum Gasteiger partial charge on any atom is 2.00 e. The fourth-order valence-electron chi connectivity index (χ4n) is 1.90. The Balaban J connectivity index is 0.00000147. The van der Waals surface area contributed by atoms with Crippen molar-refractivity contribution in [3.8, 4) is 6.07 Å². The second-order valence-corrected chi connectivity index (χ2v) is 4.14. The minimum Gasteiger partial charge on any atom is -0.500 e. The van der Waals surface area contributed by atoms with E-state index in [2.05, 4.69) is 12.1 Å². The SMILES string of the molecule is N#Cc1c[c-]c(N2C=CN(c3ccccc3)[CH-]2)cc1.[Pt+2]. The Kier molecular flexibility index (Phi) is 4.60. The van der Waals surface area contributed by atoms with Crippen LogP contribution in [-0.4, -0.2) is 0 Å². The molecule has 3 rings (SSSR count). The molecule has 0 radical (unpaired) electrons. The summed E-state index contributed by atoms with van der Waals surface area (Å²) in [7, 11) is 0. The standard InChI is InChI=1S/C16H11N3.Pt/c17-12-14-6-8-16(9-7-14)19-11-10-18(13-19)15-4-2-1-3-5-15;/h1-8,10-11,13H;/q-2;+2. The van der Waals surface area contributed by atoms with Crippen molar-refractivity contribution >= 4 is 11.4 Å². The van der Waals surface area contributed by atoms with E-state index in [0.717, 1.165) is 11.4 Å². The Morgan fingerprint density at radius 3 is 2.40 bits per heavy atom. The van der Waals surface area contributed by atoms with Crippen LogP contribution in [0.15, 0.2) is 60.9 Å². The van der Waals surface area contributed by atoms with Gasteiger partial charge in [0.1, 0.15) is 0 Å². The molecule has 1 aliphatic rings. The monoisotopic (exact) mass is 440 g/mol. The molecular formula is C16H11N3Pt. The quantitative estimate of drug-likeness (QED) is 0.672. The third kappa shape index (κ3) is 2.92. The van der Waals surface area contributed by atoms with Gasteiger partial charge in [-0.2, -0.15) is 18.2 Å². The van der Waals surface area contributed by atoms with Gasteiger partial charge < -0.3 is 9.80 Å². The average molecular weight is 440 g/mol. The number of rotatable bonds is 2. The van der Waals surface area contributed by atoms with Crippen LogP contribution < -0.4 is 9.80 Å². The number of hydrogen-bond donors (Lipinski definition) is 0. The van der Waals surface area contributed by atoms with Gasteiger partial charge in [0, 0.05) is 11.8 Å². The largest absolute Gasteiger partial charge is 2.00 e. The third-order valence-electron chi connectivity index (χ3n) is 2.89. The van der Waals surface area contributed by atoms with E-state index in [1.165, 1.54) is 0 Å². The van der Waals surface area contributed by atoms with Crippen LogP contribution in [0.3, 0.4) is 0 Å². The van der Waals surface area contributed by atoms with Crippen LogP contribution in [0.2, 0.25) is 0 Å². The van der Waals surface area contributed by atoms with E-state index < -0.39 is 0 Å². The van der Waals surface area contributed by atoms with Gasteiger partial charge in [0.05, 0.1) is 0 Å². The van der Waals surface area contributed by atoms with E-state index in [0.29, 0.717) is 5.56 Å². The smallest absolute Gasteiger partial charge is 0.500 e. The second kappa shape index (κ2) is 6.41. The molecular weight excluding hydrogens is 429 g/mol. The topological polar surface area (TPSA) is 30.3 Å². The molecule has 0 amide bonds. The van der Waals surface area contributed by atoms with Crippen molar-refractivity contribution in [3.05, 3.63) is 79.2 Å². The first kappa shape index (κ1) is 14.4. The number of benzene rings is 2. The second-order valence-electron chi connectivity index (χ2n) is 4.14. The Hall–Kier alpha value is -2.04. The zero-order valence-corrected chi connectivity index (χ0v) is 12.8. The van der Waals surface area contributed by atoms with E-state index in [9.17, 15) is 0 Å². The summed E-state index contributed by atoms with van der Waals surface area (Å²) in [5.74, 6) is 0. The van der Waals surface area contributed by atoms with Gasteiger partial charge in [-0.3, -0.25) is 0 Å². The van der Waals surface area contributed by atoms with Gasteiger partial charge in [-0.1, -0.05) is 23.8 Å². The van der Waals surface area contributed by atoms with E-state index in [4.69, 9.17) is 5.26 Å². The zero-order valence-electron chi connectivity index (χ0n) is 10.5. The molecule has 0 saturated carbocycles. The van der Waals surface area contributed by atoms with Gasteiger partial charge in [0.15, 0.2) is 0 Å². The molecule has 0 unspecified atom stereocenters. The Labute approximate surface area is 133 Å². The first-order valence-corrected chi connectivity index (χ1v) is 5.94. The molecule has 0 atom stereocenters. The van der Waals surface area contributed by atoms with Crippen LogP contribution in [-0.2, 0) is 21.1 Å². The van der Waals surface area contributed by atoms with Gasteiger partial charge >= 0.3 is 21.1 Å². The summed E-state index contributed by atoms with van der Waals surface area (Å²) >= 11 is 0. The van der Waals surface area contributed by atoms with Crippen LogP contribution in [0.25, 0.3) is 0 Å². The summed E-state index contributed by atoms with van der Waals surface area (Å²) in [5.41, 5.74) is 2.63. The molecule has 100 valence electrons. The number of nitriles is 1. The van der Waals surface area contributed by atoms with Crippen molar-refractivity contribution < 1.29 is 21.1 Å². The van der Waals surface area contributed by atoms with Crippen molar-refractivity contribution in [2.24, 2.45) is 0 Å². The van der Waals surface area contributed by atoms with Crippen LogP contribution in [0, 0.1) is 24.1 Å². The molecule has 20 heavy (non-hydrogen) atoms. The molecule has 1 aliphatic heterocycles. The van der Waals surface area contributed by atoms with Crippen molar-refractivity contribution in [1.82, 2.24) is 0 Å². The van der Waals surface area contributed by atoms with Crippen LogP contribution >= 0.6 is 0 Å². The number of nitrogens with zero attached hydrogens (tertiary/aromatic N) is 3. The molecule has 0 saturated heterocycles. The molecule has 3 nitrogen and oxygen atoms in total. The van der Waals surface area contributed by atoms with Gasteiger partial charge in [0.25, 0.3) is 0 Å². The summed E-state index contributed by atoms with van der Waals surface area (Å²) in [6.07, 6.45) is 3.95. The van der Waals surface area contributed by atoms with Crippen molar-refractivity contribution in [3.63, 3.8) is 0 Å². The molecule has 0 bridgehead atoms. The average Bonchev–Trinajstić information content (AvgIpc) is 2.98. The molecule has 0 aliphatic carbocycles. The van der Waals surface area contributed by atoms with Crippen LogP contribution in [0.5, 0.6) is 0 Å². The van der Waals surface area contributed by atoms with Crippen LogP contribution in [0.1, 0.15) is 5.56 Å². The molecule has 0 spiro atoms. The predicted octanol–water partition coefficient (Wildman–Crippen LogP) is 3.27. The molecule has 1 heterocycles. The first-order chi connectivity index (χ1) is 9.36. The number of anilines is 2. The summed E-state index contributed by atoms with van der Waals surface area (Å²) in [6, 6.07) is 20.7. The minimum atomic E-state index is 0. The molecule has 0 fully saturated rings. The third-order valence-corrected chi connectivity index (χ3v) is 2.89. The van der Waals surface area contributed by atoms with Crippen molar-refractivity contribution in [2.45, 2.75) is 0 Å². The fraction of sp³-hybridized carbons (Fsp3) is 0. The summed E-state index contributed by atoms with van der Waals surface area (Å²) < 4.78 is 0. The molecule has 0 aromatic heterocycles. The minimum absolute atomic E-state index is 0. The molecule has 0 N–H and O–H groups in total. The van der Waals surface area contributed by atoms with Crippen molar-refractivity contribution in [2.75, 3.05) is 9.80 Å². The van der Waals surface area contributed by atoms with E-state index in [1.807, 2.05) is 65.3 Å². The van der Waals surface area contributed by atoms with Crippen LogP contribution in [0.4, 0.5) is 11.4 Å². The Morgan fingerprint density at radius 1 is 1.00 bits per heavy atom. The van der Waals surface area contributed by atoms with Gasteiger partial charge in [-0.05, 0) is 24.5 Å². The van der Waals surface area contributed by atoms with Gasteiger partial charge in [-0.25, -0.2) is 5.26 Å². The van der Waals surface area contributed by atoms with Gasteiger partial charge in [-0.15, -0.1) is 18.4 Å². The normalized spacial score (nSPS) is 12.9. The summed E-state index contributed by atoms with van der Waals surface area (Å²) in [4.78, 5) is 4.00. The van der Waals surface area contributed by atoms with Crippen molar-refractivity contribution in [1.29, 1.82) is 5.26 Å². The summed E-state index contributed by atoms with van der Waals surface area (Å²) in [5, 5.41) is 8.77. The number of hydrogen-bond acceptors (Lipinski definition) is 3. The van der Waals surface area contributed by atoms with E-state index >= 15 is 0 Å². The fourth-order valence-corrected chi connectivity index (χ4v) is 1.90. The molecule has 2 aromatic rings. The number of para-hydroxylation sites is 1. The van der Waals surface area contributed by atoms with E-state index in [-0.39, 0.29) is 21.1 Å². The van der Waals surface area contributed by atoms with E-state index in [1.54, 1.807) is 12.1 Å². The first-order valence-electron chi connectivity index (χ1n) is 5.94. The molecule has 4 heteroatoms. The zero-order chi connectivity index (χ0) is 13.1. The molecule has 2 aromatic carbocycles. The Bertz CT molecular complexity index is 629. The maximum atomic E-state index is 8.77. The maximum absolute atomic E-state index is 8.77. The predicted molar refractivity (Wildman–Crippen MR) is 74.8 cm³/mol. The van der Waals surface area contributed by atoms with Gasteiger partial charge in [0.2, 0.25) is 0 Å².